The number of rotatable bonds is 3. The number of morpholine rings is 1. The van der Waals surface area contributed by atoms with Crippen molar-refractivity contribution >= 4 is 22.5 Å². The minimum atomic E-state index is -0.185. The molecule has 7 nitrogen and oxygen atoms in total. The van der Waals surface area contributed by atoms with Crippen LogP contribution in [-0.2, 0) is 4.74 Å². The standard InChI is InChI=1S/C23H23N5O2S/c1-14-9-19(10-15(2)25-14)21-20(18-6-4-5-17(11-18)12-24)26-22(31-21)27-23(29)28-7-8-30-13-16(28)3/h4-6,9-11,16H,7-8,13H2,1-3H3,(H,26,27,29)/t16-/m1/s1. The van der Waals surface area contributed by atoms with Crippen molar-refractivity contribution in [2.45, 2.75) is 26.8 Å². The average Bonchev–Trinajstić information content (AvgIpc) is 3.17. The maximum Gasteiger partial charge on any atom is 0.324 e. The highest BCUT2D eigenvalue weighted by molar-refractivity contribution is 7.19. The normalized spacial score (nSPS) is 16.1. The fourth-order valence-electron chi connectivity index (χ4n) is 3.66. The number of hydrogen-bond acceptors (Lipinski definition) is 6. The van der Waals surface area contributed by atoms with Crippen LogP contribution in [0.15, 0.2) is 36.4 Å². The number of pyridine rings is 1. The van der Waals surface area contributed by atoms with Crippen LogP contribution in [0.25, 0.3) is 21.7 Å². The summed E-state index contributed by atoms with van der Waals surface area (Å²) in [7, 11) is 0. The topological polar surface area (TPSA) is 91.1 Å². The van der Waals surface area contributed by atoms with Crippen LogP contribution in [0.4, 0.5) is 9.93 Å². The molecule has 4 rings (SSSR count). The zero-order valence-corrected chi connectivity index (χ0v) is 18.5. The number of nitrogens with one attached hydrogen (secondary N) is 1. The van der Waals surface area contributed by atoms with E-state index < -0.39 is 0 Å². The molecule has 2 aromatic heterocycles. The first kappa shape index (κ1) is 21.0. The Balaban J connectivity index is 1.75. The Morgan fingerprint density at radius 3 is 2.71 bits per heavy atom. The fourth-order valence-corrected chi connectivity index (χ4v) is 4.62. The molecule has 0 bridgehead atoms. The van der Waals surface area contributed by atoms with E-state index in [1.165, 1.54) is 11.3 Å². The van der Waals surface area contributed by atoms with Crippen molar-refractivity contribution in [3.8, 4) is 27.8 Å². The molecule has 0 spiro atoms. The summed E-state index contributed by atoms with van der Waals surface area (Å²) >= 11 is 1.42. The highest BCUT2D eigenvalue weighted by atomic mass is 32.1. The number of amides is 2. The first-order chi connectivity index (χ1) is 14.9. The number of carbonyl (C=O) groups excluding carboxylic acids is 1. The third kappa shape index (κ3) is 4.58. The maximum atomic E-state index is 12.9. The Hall–Kier alpha value is -3.28. The lowest BCUT2D eigenvalue weighted by Crippen LogP contribution is -2.48. The molecule has 1 aliphatic rings. The molecule has 1 aliphatic heterocycles. The third-order valence-corrected chi connectivity index (χ3v) is 6.10. The summed E-state index contributed by atoms with van der Waals surface area (Å²) in [5.74, 6) is 0. The van der Waals surface area contributed by atoms with Gasteiger partial charge in [-0.2, -0.15) is 5.26 Å². The van der Waals surface area contributed by atoms with Crippen LogP contribution in [0.3, 0.4) is 0 Å². The highest BCUT2D eigenvalue weighted by Crippen LogP contribution is 2.39. The molecule has 0 unspecified atom stereocenters. The maximum absolute atomic E-state index is 12.9. The monoisotopic (exact) mass is 433 g/mol. The van der Waals surface area contributed by atoms with Crippen molar-refractivity contribution in [1.29, 1.82) is 5.26 Å². The number of nitriles is 1. The molecule has 158 valence electrons. The van der Waals surface area contributed by atoms with Gasteiger partial charge in [0.25, 0.3) is 0 Å². The molecule has 0 saturated carbocycles. The Bertz CT molecular complexity index is 1150. The van der Waals surface area contributed by atoms with Gasteiger partial charge in [-0.15, -0.1) is 0 Å². The molecular weight excluding hydrogens is 410 g/mol. The summed E-state index contributed by atoms with van der Waals surface area (Å²) in [6.07, 6.45) is 0. The van der Waals surface area contributed by atoms with Gasteiger partial charge < -0.3 is 9.64 Å². The average molecular weight is 434 g/mol. The number of anilines is 1. The predicted octanol–water partition coefficient (Wildman–Crippen LogP) is 4.61. The number of urea groups is 1. The van der Waals surface area contributed by atoms with E-state index >= 15 is 0 Å². The van der Waals surface area contributed by atoms with E-state index in [1.54, 1.807) is 11.0 Å². The highest BCUT2D eigenvalue weighted by Gasteiger charge is 2.25. The number of thiazole rings is 1. The molecule has 0 aliphatic carbocycles. The van der Waals surface area contributed by atoms with Gasteiger partial charge in [0.2, 0.25) is 0 Å². The SMILES string of the molecule is Cc1cc(-c2sc(NC(=O)N3CCOC[C@H]3C)nc2-c2cccc(C#N)c2)cc(C)n1. The lowest BCUT2D eigenvalue weighted by atomic mass is 10.0. The molecule has 1 fully saturated rings. The number of aryl methyl sites for hydroxylation is 2. The van der Waals surface area contributed by atoms with E-state index in [0.29, 0.717) is 30.5 Å². The first-order valence-corrected chi connectivity index (χ1v) is 10.9. The smallest absolute Gasteiger partial charge is 0.324 e. The third-order valence-electron chi connectivity index (χ3n) is 5.08. The molecule has 0 radical (unpaired) electrons. The van der Waals surface area contributed by atoms with Gasteiger partial charge in [0.15, 0.2) is 5.13 Å². The second kappa shape index (κ2) is 8.84. The van der Waals surface area contributed by atoms with Crippen molar-refractivity contribution in [3.05, 3.63) is 53.3 Å². The van der Waals surface area contributed by atoms with Gasteiger partial charge >= 0.3 is 6.03 Å². The summed E-state index contributed by atoms with van der Waals surface area (Å²) in [5.41, 5.74) is 4.93. The minimum Gasteiger partial charge on any atom is -0.377 e. The van der Waals surface area contributed by atoms with Crippen LogP contribution in [0.5, 0.6) is 0 Å². The molecule has 1 N–H and O–H groups in total. The minimum absolute atomic E-state index is 0.00506. The molecule has 3 heterocycles. The molecule has 31 heavy (non-hydrogen) atoms. The number of carbonyl (C=O) groups is 1. The van der Waals surface area contributed by atoms with Crippen molar-refractivity contribution in [1.82, 2.24) is 14.9 Å². The lowest BCUT2D eigenvalue weighted by molar-refractivity contribution is 0.0222. The zero-order chi connectivity index (χ0) is 22.0. The van der Waals surface area contributed by atoms with Crippen LogP contribution >= 0.6 is 11.3 Å². The molecular formula is C23H23N5O2S. The predicted molar refractivity (Wildman–Crippen MR) is 121 cm³/mol. The van der Waals surface area contributed by atoms with E-state index in [4.69, 9.17) is 9.72 Å². The Labute approximate surface area is 185 Å². The van der Waals surface area contributed by atoms with Crippen LogP contribution in [0.2, 0.25) is 0 Å². The molecule has 3 aromatic rings. The molecule has 1 saturated heterocycles. The summed E-state index contributed by atoms with van der Waals surface area (Å²) in [4.78, 5) is 24.8. The van der Waals surface area contributed by atoms with E-state index in [1.807, 2.05) is 51.1 Å². The summed E-state index contributed by atoms with van der Waals surface area (Å²) < 4.78 is 5.43. The first-order valence-electron chi connectivity index (χ1n) is 10.1. The Morgan fingerprint density at radius 2 is 2.00 bits per heavy atom. The molecule has 2 amide bonds. The van der Waals surface area contributed by atoms with E-state index in [-0.39, 0.29) is 12.1 Å². The summed E-state index contributed by atoms with van der Waals surface area (Å²) in [6.45, 7) is 7.48. The molecule has 8 heteroatoms. The van der Waals surface area contributed by atoms with Gasteiger partial charge in [-0.1, -0.05) is 23.5 Å². The number of nitrogens with zero attached hydrogens (tertiary/aromatic N) is 4. The number of hydrogen-bond donors (Lipinski definition) is 1. The summed E-state index contributed by atoms with van der Waals surface area (Å²) in [6, 6.07) is 13.4. The molecule has 1 atom stereocenters. The van der Waals surface area contributed by atoms with Gasteiger partial charge in [-0.25, -0.2) is 9.78 Å². The van der Waals surface area contributed by atoms with E-state index in [2.05, 4.69) is 16.4 Å². The molecule has 1 aromatic carbocycles. The van der Waals surface area contributed by atoms with E-state index in [9.17, 15) is 10.1 Å². The summed E-state index contributed by atoms with van der Waals surface area (Å²) in [5, 5.41) is 12.8. The van der Waals surface area contributed by atoms with Crippen LogP contribution < -0.4 is 5.32 Å². The van der Waals surface area contributed by atoms with Crippen LogP contribution in [0, 0.1) is 25.2 Å². The van der Waals surface area contributed by atoms with Crippen molar-refractivity contribution < 1.29 is 9.53 Å². The van der Waals surface area contributed by atoms with Gasteiger partial charge in [-0.05, 0) is 50.6 Å². The number of ether oxygens (including phenoxy) is 1. The van der Waals surface area contributed by atoms with E-state index in [0.717, 1.165) is 33.1 Å². The van der Waals surface area contributed by atoms with Gasteiger partial charge in [0, 0.05) is 23.5 Å². The number of benzene rings is 1. The van der Waals surface area contributed by atoms with Crippen LogP contribution in [-0.4, -0.2) is 46.7 Å². The van der Waals surface area contributed by atoms with Crippen LogP contribution in [0.1, 0.15) is 23.9 Å². The van der Waals surface area contributed by atoms with Gasteiger partial charge in [0.05, 0.1) is 41.5 Å². The van der Waals surface area contributed by atoms with Gasteiger partial charge in [0.1, 0.15) is 0 Å². The van der Waals surface area contributed by atoms with Crippen molar-refractivity contribution in [2.75, 3.05) is 25.1 Å². The van der Waals surface area contributed by atoms with Crippen molar-refractivity contribution in [3.63, 3.8) is 0 Å². The largest absolute Gasteiger partial charge is 0.377 e. The number of aromatic nitrogens is 2. The zero-order valence-electron chi connectivity index (χ0n) is 17.7. The quantitative estimate of drug-likeness (QED) is 0.651. The second-order valence-electron chi connectivity index (χ2n) is 7.58. The fraction of sp³-hybridized carbons (Fsp3) is 0.304. The second-order valence-corrected chi connectivity index (χ2v) is 8.57. The lowest BCUT2D eigenvalue weighted by Gasteiger charge is -2.32. The Kier molecular flexibility index (Phi) is 5.98. The van der Waals surface area contributed by atoms with Gasteiger partial charge in [-0.3, -0.25) is 10.3 Å². The Morgan fingerprint density at radius 1 is 1.23 bits per heavy atom. The van der Waals surface area contributed by atoms with Crippen molar-refractivity contribution in [2.24, 2.45) is 0 Å².